The number of ether oxygens (including phenoxy) is 1. The lowest BCUT2D eigenvalue weighted by Crippen LogP contribution is -2.22. The molecule has 1 unspecified atom stereocenters. The van der Waals surface area contributed by atoms with Gasteiger partial charge in [0.05, 0.1) is 6.61 Å². The van der Waals surface area contributed by atoms with Crippen LogP contribution in [0.25, 0.3) is 0 Å². The molecule has 0 aromatic carbocycles. The third-order valence-electron chi connectivity index (χ3n) is 1.50. The summed E-state index contributed by atoms with van der Waals surface area (Å²) in [5.74, 6) is -1.97. The van der Waals surface area contributed by atoms with Gasteiger partial charge in [0.1, 0.15) is 5.94 Å². The highest BCUT2D eigenvalue weighted by molar-refractivity contribution is 8.89. The van der Waals surface area contributed by atoms with E-state index in [9.17, 15) is 9.36 Å². The molecule has 102 valence electrons. The molecule has 0 aliphatic heterocycles. The van der Waals surface area contributed by atoms with Crippen molar-refractivity contribution in [2.45, 2.75) is 20.3 Å². The van der Waals surface area contributed by atoms with E-state index in [-0.39, 0.29) is 5.94 Å². The van der Waals surface area contributed by atoms with Crippen LogP contribution in [0.3, 0.4) is 0 Å². The zero-order valence-electron chi connectivity index (χ0n) is 10.7. The predicted octanol–water partition coefficient (Wildman–Crippen LogP) is 3.66. The molecule has 0 aliphatic carbocycles. The fraction of sp³-hybridized carbons (Fsp3) is 0.889. The van der Waals surface area contributed by atoms with Crippen LogP contribution in [-0.2, 0) is 13.8 Å². The number of rotatable bonds is 8. The molecule has 0 spiro atoms. The maximum Gasteiger partial charge on any atom is 0.410 e. The van der Waals surface area contributed by atoms with E-state index in [1.807, 2.05) is 6.92 Å². The van der Waals surface area contributed by atoms with Crippen molar-refractivity contribution < 1.29 is 18.6 Å². The Balaban J connectivity index is 4.08. The lowest BCUT2D eigenvalue weighted by atomic mass is 10.6. The van der Waals surface area contributed by atoms with Crippen LogP contribution in [0.1, 0.15) is 20.3 Å². The van der Waals surface area contributed by atoms with Gasteiger partial charge >= 0.3 is 11.9 Å². The Hall–Kier alpha value is 0.160. The molecule has 1 atom stereocenters. The van der Waals surface area contributed by atoms with Gasteiger partial charge in [-0.3, -0.25) is 4.57 Å². The first-order valence-electron chi connectivity index (χ1n) is 5.33. The Labute approximate surface area is 111 Å². The van der Waals surface area contributed by atoms with E-state index in [0.29, 0.717) is 6.61 Å². The highest BCUT2D eigenvalue weighted by atomic mass is 33.1. The number of carbonyl (C=O) groups excluding carboxylic acids is 1. The largest absolute Gasteiger partial charge is 0.438 e. The molecule has 0 aromatic rings. The summed E-state index contributed by atoms with van der Waals surface area (Å²) in [5, 5.41) is 0. The van der Waals surface area contributed by atoms with E-state index in [4.69, 9.17) is 9.26 Å². The molecule has 0 saturated heterocycles. The third-order valence-corrected chi connectivity index (χ3v) is 8.81. The van der Waals surface area contributed by atoms with Crippen LogP contribution in [0.5, 0.6) is 0 Å². The van der Waals surface area contributed by atoms with Gasteiger partial charge in [0.2, 0.25) is 0 Å². The number of amides is 1. The monoisotopic (exact) mass is 301 g/mol. The summed E-state index contributed by atoms with van der Waals surface area (Å²) in [7, 11) is 3.20. The normalized spacial score (nSPS) is 14.1. The summed E-state index contributed by atoms with van der Waals surface area (Å²) in [6, 6.07) is 0. The molecule has 0 heterocycles. The van der Waals surface area contributed by atoms with Gasteiger partial charge in [-0.15, -0.1) is 0 Å². The van der Waals surface area contributed by atoms with Gasteiger partial charge in [-0.1, -0.05) is 18.3 Å². The van der Waals surface area contributed by atoms with Crippen LogP contribution in [0.2, 0.25) is 0 Å². The molecule has 0 saturated carbocycles. The second-order valence-corrected chi connectivity index (χ2v) is 10.7. The summed E-state index contributed by atoms with van der Waals surface area (Å²) >= 11 is 2.36. The van der Waals surface area contributed by atoms with Crippen molar-refractivity contribution in [3.63, 3.8) is 0 Å². The molecule has 17 heavy (non-hydrogen) atoms. The molecule has 0 rings (SSSR count). The lowest BCUT2D eigenvalue weighted by molar-refractivity contribution is 0.137. The number of nitrogens with zero attached hydrogens (tertiary/aromatic N) is 1. The molecule has 0 aromatic heterocycles. The summed E-state index contributed by atoms with van der Waals surface area (Å²) in [5.41, 5.74) is 0. The zero-order valence-corrected chi connectivity index (χ0v) is 13.2. The minimum atomic E-state index is -2.78. The Morgan fingerprint density at radius 3 is 2.41 bits per heavy atom. The smallest absolute Gasteiger partial charge is 0.410 e. The first-order valence-corrected chi connectivity index (χ1v) is 10.1. The molecule has 0 N–H and O–H groups in total. The third kappa shape index (κ3) is 7.97. The maximum absolute atomic E-state index is 12.2. The van der Waals surface area contributed by atoms with Crippen molar-refractivity contribution >= 4 is 34.6 Å². The first kappa shape index (κ1) is 17.2. The summed E-state index contributed by atoms with van der Waals surface area (Å²) in [6.07, 6.45) is 0.487. The minimum Gasteiger partial charge on any atom is -0.438 e. The van der Waals surface area contributed by atoms with Crippen molar-refractivity contribution in [3.05, 3.63) is 0 Å². The molecule has 0 radical (unpaired) electrons. The second kappa shape index (κ2) is 9.14. The van der Waals surface area contributed by atoms with Crippen molar-refractivity contribution in [3.8, 4) is 0 Å². The van der Waals surface area contributed by atoms with Gasteiger partial charge in [-0.2, -0.15) is 0 Å². The van der Waals surface area contributed by atoms with Crippen molar-refractivity contribution in [1.82, 2.24) is 4.90 Å². The summed E-state index contributed by atoms with van der Waals surface area (Å²) < 4.78 is 22.4. The van der Waals surface area contributed by atoms with Crippen LogP contribution in [-0.4, -0.2) is 43.4 Å². The van der Waals surface area contributed by atoms with E-state index in [1.54, 1.807) is 21.0 Å². The molecular formula is C9H20NO4PS2. The minimum absolute atomic E-state index is 0.0466. The molecule has 0 fully saturated rings. The lowest BCUT2D eigenvalue weighted by Gasteiger charge is -2.16. The highest BCUT2D eigenvalue weighted by Crippen LogP contribution is 2.69. The Morgan fingerprint density at radius 2 is 1.94 bits per heavy atom. The summed E-state index contributed by atoms with van der Waals surface area (Å²) in [6.45, 7) is 4.20. The Morgan fingerprint density at radius 1 is 1.29 bits per heavy atom. The summed E-state index contributed by atoms with van der Waals surface area (Å²) in [4.78, 5) is 12.5. The van der Waals surface area contributed by atoms with Gasteiger partial charge in [-0.25, -0.2) is 4.79 Å². The van der Waals surface area contributed by atoms with Gasteiger partial charge in [0, 0.05) is 19.8 Å². The average Bonchev–Trinajstić information content (AvgIpc) is 2.26. The van der Waals surface area contributed by atoms with Gasteiger partial charge in [0.15, 0.2) is 0 Å². The van der Waals surface area contributed by atoms with E-state index < -0.39 is 11.9 Å². The van der Waals surface area contributed by atoms with Gasteiger partial charge < -0.3 is 14.2 Å². The molecule has 0 bridgehead atoms. The standard InChI is InChI=1S/C9H20NO4PS2/c1-5-7-16-15(12,14-6-2)17-8-13-9(11)10(3)4/h5-8H2,1-4H3. The second-order valence-electron chi connectivity index (χ2n) is 3.25. The first-order chi connectivity index (χ1) is 7.95. The number of carbonyl (C=O) groups is 1. The zero-order chi connectivity index (χ0) is 13.3. The van der Waals surface area contributed by atoms with Crippen molar-refractivity contribution in [2.24, 2.45) is 0 Å². The number of hydrogen-bond acceptors (Lipinski definition) is 6. The molecule has 1 amide bonds. The van der Waals surface area contributed by atoms with Crippen LogP contribution >= 0.6 is 28.5 Å². The Bertz CT molecular complexity index is 276. The van der Waals surface area contributed by atoms with Crippen LogP contribution in [0.15, 0.2) is 0 Å². The number of hydrogen-bond donors (Lipinski definition) is 0. The van der Waals surface area contributed by atoms with Crippen molar-refractivity contribution in [2.75, 3.05) is 32.4 Å². The fourth-order valence-corrected chi connectivity index (χ4v) is 6.77. The molecular weight excluding hydrogens is 281 g/mol. The average molecular weight is 301 g/mol. The Kier molecular flexibility index (Phi) is 9.22. The van der Waals surface area contributed by atoms with E-state index >= 15 is 0 Å². The van der Waals surface area contributed by atoms with Gasteiger partial charge in [-0.05, 0) is 24.7 Å². The van der Waals surface area contributed by atoms with E-state index in [1.165, 1.54) is 16.3 Å². The van der Waals surface area contributed by atoms with Gasteiger partial charge in [0.25, 0.3) is 0 Å². The maximum atomic E-state index is 12.2. The van der Waals surface area contributed by atoms with Crippen LogP contribution in [0, 0.1) is 0 Å². The molecule has 8 heteroatoms. The highest BCUT2D eigenvalue weighted by Gasteiger charge is 2.24. The predicted molar refractivity (Wildman–Crippen MR) is 74.6 cm³/mol. The molecule has 0 aliphatic rings. The van der Waals surface area contributed by atoms with E-state index in [2.05, 4.69) is 0 Å². The van der Waals surface area contributed by atoms with Crippen LogP contribution in [0.4, 0.5) is 4.79 Å². The SMILES string of the molecule is CCCSP(=O)(OCC)SCOC(=O)N(C)C. The molecule has 5 nitrogen and oxygen atoms in total. The fourth-order valence-electron chi connectivity index (χ4n) is 0.743. The van der Waals surface area contributed by atoms with Crippen LogP contribution < -0.4 is 0 Å². The topological polar surface area (TPSA) is 55.8 Å². The van der Waals surface area contributed by atoms with E-state index in [0.717, 1.165) is 23.6 Å². The van der Waals surface area contributed by atoms with Crippen molar-refractivity contribution in [1.29, 1.82) is 0 Å². The quantitative estimate of drug-likeness (QED) is 0.504.